The maximum absolute atomic E-state index is 11.1. The number of hydrogen-bond acceptors (Lipinski definition) is 7. The van der Waals surface area contributed by atoms with Crippen LogP contribution in [-0.4, -0.2) is 47.0 Å². The predicted octanol–water partition coefficient (Wildman–Crippen LogP) is 0.0714. The van der Waals surface area contributed by atoms with Crippen LogP contribution in [0.2, 0.25) is 0 Å². The van der Waals surface area contributed by atoms with Crippen molar-refractivity contribution in [3.63, 3.8) is 0 Å². The molecule has 0 spiro atoms. The number of nitroso groups, excluding NO2 is 1. The summed E-state index contributed by atoms with van der Waals surface area (Å²) in [6.45, 7) is 1.71. The van der Waals surface area contributed by atoms with Crippen molar-refractivity contribution >= 4 is 29.5 Å². The number of nitrogens with zero attached hydrogens (tertiary/aromatic N) is 1. The van der Waals surface area contributed by atoms with Crippen molar-refractivity contribution in [2.24, 2.45) is 5.18 Å². The molecule has 0 amide bonds. The van der Waals surface area contributed by atoms with Crippen molar-refractivity contribution < 1.29 is 24.2 Å². The van der Waals surface area contributed by atoms with Crippen LogP contribution in [0.25, 0.3) is 0 Å². The third kappa shape index (κ3) is 5.44. The lowest BCUT2D eigenvalue weighted by molar-refractivity contribution is -0.147. The minimum absolute atomic E-state index is 0.0681. The van der Waals surface area contributed by atoms with Crippen LogP contribution in [0.5, 0.6) is 0 Å². The van der Waals surface area contributed by atoms with Crippen LogP contribution in [-0.2, 0) is 19.1 Å². The summed E-state index contributed by atoms with van der Waals surface area (Å²) >= 11 is 0.852. The number of ketones is 1. The molecule has 0 aliphatic heterocycles. The molecule has 0 saturated heterocycles. The lowest BCUT2D eigenvalue weighted by atomic mass is 10.4. The summed E-state index contributed by atoms with van der Waals surface area (Å²) in [4.78, 5) is 42.1. The fourth-order valence-electron chi connectivity index (χ4n) is 0.705. The summed E-state index contributed by atoms with van der Waals surface area (Å²) in [5.74, 6) is -3.67. The number of carbonyl (C=O) groups excluding carboxylic acids is 2. The molecule has 0 aliphatic rings. The van der Waals surface area contributed by atoms with Gasteiger partial charge >= 0.3 is 11.9 Å². The maximum Gasteiger partial charge on any atom is 0.373 e. The number of carboxylic acids is 1. The monoisotopic (exact) mass is 249 g/mol. The molecule has 0 aromatic heterocycles. The van der Waals surface area contributed by atoms with E-state index in [9.17, 15) is 19.3 Å². The summed E-state index contributed by atoms with van der Waals surface area (Å²) in [5, 5.41) is 10.8. The van der Waals surface area contributed by atoms with Gasteiger partial charge in [0.2, 0.25) is 5.78 Å². The van der Waals surface area contributed by atoms with E-state index in [2.05, 4.69) is 9.91 Å². The van der Waals surface area contributed by atoms with E-state index in [1.807, 2.05) is 0 Å². The van der Waals surface area contributed by atoms with E-state index in [0.29, 0.717) is 0 Å². The van der Waals surface area contributed by atoms with Crippen LogP contribution >= 0.6 is 11.8 Å². The first-order chi connectivity index (χ1) is 7.52. The SMILES string of the molecule is CCOC(=O)C(CSCC(=O)C(=O)O)N=O. The number of esters is 1. The van der Waals surface area contributed by atoms with Crippen LogP contribution in [0.15, 0.2) is 5.18 Å². The Morgan fingerprint density at radius 3 is 2.50 bits per heavy atom. The van der Waals surface area contributed by atoms with Crippen molar-refractivity contribution in [2.45, 2.75) is 13.0 Å². The molecule has 8 heteroatoms. The third-order valence-corrected chi connectivity index (χ3v) is 2.45. The van der Waals surface area contributed by atoms with E-state index in [-0.39, 0.29) is 18.1 Å². The summed E-state index contributed by atoms with van der Waals surface area (Å²) < 4.78 is 4.55. The highest BCUT2D eigenvalue weighted by molar-refractivity contribution is 8.00. The average Bonchev–Trinajstić information content (AvgIpc) is 2.24. The second-order valence-corrected chi connectivity index (χ2v) is 3.65. The van der Waals surface area contributed by atoms with Gasteiger partial charge in [-0.2, -0.15) is 11.8 Å². The summed E-state index contributed by atoms with van der Waals surface area (Å²) in [7, 11) is 0. The van der Waals surface area contributed by atoms with E-state index < -0.39 is 23.8 Å². The van der Waals surface area contributed by atoms with Gasteiger partial charge in [-0.1, -0.05) is 5.18 Å². The molecule has 0 heterocycles. The normalized spacial score (nSPS) is 11.6. The molecule has 0 rings (SSSR count). The minimum Gasteiger partial charge on any atom is -0.475 e. The quantitative estimate of drug-likeness (QED) is 0.368. The molecule has 0 radical (unpaired) electrons. The second kappa shape index (κ2) is 7.80. The molecule has 0 saturated carbocycles. The van der Waals surface area contributed by atoms with Crippen LogP contribution in [0.4, 0.5) is 0 Å². The van der Waals surface area contributed by atoms with E-state index >= 15 is 0 Å². The highest BCUT2D eigenvalue weighted by Gasteiger charge is 2.21. The van der Waals surface area contributed by atoms with Gasteiger partial charge in [-0.3, -0.25) is 4.79 Å². The topological polar surface area (TPSA) is 110 Å². The predicted molar refractivity (Wildman–Crippen MR) is 56.2 cm³/mol. The zero-order valence-corrected chi connectivity index (χ0v) is 9.36. The lowest BCUT2D eigenvalue weighted by Gasteiger charge is -2.06. The number of Topliss-reactive ketones (excluding diaryl/α,β-unsaturated/α-hetero) is 1. The fourth-order valence-corrected chi connectivity index (χ4v) is 1.55. The van der Waals surface area contributed by atoms with Crippen LogP contribution < -0.4 is 0 Å². The number of rotatable bonds is 8. The number of aliphatic carboxylic acids is 1. The van der Waals surface area contributed by atoms with Gasteiger partial charge < -0.3 is 9.84 Å². The Balaban J connectivity index is 3.97. The fraction of sp³-hybridized carbons (Fsp3) is 0.625. The van der Waals surface area contributed by atoms with Crippen LogP contribution in [0.3, 0.4) is 0 Å². The van der Waals surface area contributed by atoms with Crippen molar-refractivity contribution in [1.82, 2.24) is 0 Å². The number of hydrogen-bond donors (Lipinski definition) is 1. The highest BCUT2D eigenvalue weighted by atomic mass is 32.2. The van der Waals surface area contributed by atoms with Gasteiger partial charge in [0.1, 0.15) is 0 Å². The largest absolute Gasteiger partial charge is 0.475 e. The smallest absolute Gasteiger partial charge is 0.373 e. The van der Waals surface area contributed by atoms with Crippen LogP contribution in [0.1, 0.15) is 6.92 Å². The zero-order chi connectivity index (χ0) is 12.6. The molecule has 16 heavy (non-hydrogen) atoms. The average molecular weight is 249 g/mol. The molecule has 0 aliphatic carbocycles. The molecule has 1 unspecified atom stereocenters. The Hall–Kier alpha value is -1.44. The second-order valence-electron chi connectivity index (χ2n) is 2.62. The zero-order valence-electron chi connectivity index (χ0n) is 8.54. The number of carbonyl (C=O) groups is 3. The van der Waals surface area contributed by atoms with E-state index in [4.69, 9.17) is 5.11 Å². The molecule has 0 bridgehead atoms. The van der Waals surface area contributed by atoms with Crippen molar-refractivity contribution in [3.05, 3.63) is 4.91 Å². The van der Waals surface area contributed by atoms with Crippen molar-refractivity contribution in [2.75, 3.05) is 18.1 Å². The Morgan fingerprint density at radius 2 is 2.06 bits per heavy atom. The van der Waals surface area contributed by atoms with Crippen molar-refractivity contribution in [1.29, 1.82) is 0 Å². The number of carboxylic acid groups (broad SMARTS) is 1. The molecular weight excluding hydrogens is 238 g/mol. The minimum atomic E-state index is -1.54. The van der Waals surface area contributed by atoms with Crippen LogP contribution in [0, 0.1) is 4.91 Å². The highest BCUT2D eigenvalue weighted by Crippen LogP contribution is 2.07. The summed E-state index contributed by atoms with van der Waals surface area (Å²) in [5.41, 5.74) is 0. The summed E-state index contributed by atoms with van der Waals surface area (Å²) in [6.07, 6.45) is 0. The standard InChI is InChI=1S/C8H11NO6S/c1-2-15-8(13)5(9-14)3-16-4-6(10)7(11)12/h5H,2-4H2,1H3,(H,11,12). The first-order valence-corrected chi connectivity index (χ1v) is 5.51. The molecule has 0 aromatic rings. The number of thioether (sulfide) groups is 1. The Morgan fingerprint density at radius 1 is 1.44 bits per heavy atom. The molecule has 7 nitrogen and oxygen atoms in total. The van der Waals surface area contributed by atoms with Gasteiger partial charge in [0, 0.05) is 5.75 Å². The molecule has 90 valence electrons. The van der Waals surface area contributed by atoms with Gasteiger partial charge in [-0.25, -0.2) is 9.59 Å². The van der Waals surface area contributed by atoms with Gasteiger partial charge in [-0.15, -0.1) is 4.91 Å². The molecular formula is C8H11NO6S. The molecule has 0 aromatic carbocycles. The first-order valence-electron chi connectivity index (χ1n) is 4.35. The first kappa shape index (κ1) is 14.6. The Labute approximate surface area is 95.5 Å². The maximum atomic E-state index is 11.1. The van der Waals surface area contributed by atoms with E-state index in [1.54, 1.807) is 6.92 Å². The Bertz CT molecular complexity index is 292. The van der Waals surface area contributed by atoms with Gasteiger partial charge in [0.05, 0.1) is 12.4 Å². The third-order valence-electron chi connectivity index (χ3n) is 1.43. The van der Waals surface area contributed by atoms with Gasteiger partial charge in [-0.05, 0) is 6.92 Å². The van der Waals surface area contributed by atoms with E-state index in [1.165, 1.54) is 0 Å². The molecule has 1 atom stereocenters. The lowest BCUT2D eigenvalue weighted by Crippen LogP contribution is -2.24. The van der Waals surface area contributed by atoms with Gasteiger partial charge in [0.15, 0.2) is 6.04 Å². The van der Waals surface area contributed by atoms with E-state index in [0.717, 1.165) is 11.8 Å². The molecule has 0 fully saturated rings. The summed E-state index contributed by atoms with van der Waals surface area (Å²) in [6, 6.07) is -1.20. The Kier molecular flexibility index (Phi) is 7.10. The van der Waals surface area contributed by atoms with Crippen molar-refractivity contribution in [3.8, 4) is 0 Å². The number of ether oxygens (including phenoxy) is 1. The molecule has 1 N–H and O–H groups in total. The van der Waals surface area contributed by atoms with Gasteiger partial charge in [0.25, 0.3) is 0 Å².